The third kappa shape index (κ3) is 4.02. The summed E-state index contributed by atoms with van der Waals surface area (Å²) >= 11 is 6.19. The van der Waals surface area contributed by atoms with Crippen LogP contribution in [0.5, 0.6) is 11.5 Å². The second-order valence-electron chi connectivity index (χ2n) is 6.72. The van der Waals surface area contributed by atoms with Crippen LogP contribution in [-0.4, -0.2) is 41.3 Å². The Morgan fingerprint density at radius 3 is 2.61 bits per heavy atom. The monoisotopic (exact) mass is 401 g/mol. The number of ketones is 1. The minimum Gasteiger partial charge on any atom is -0.489 e. The van der Waals surface area contributed by atoms with Crippen molar-refractivity contribution in [2.45, 2.75) is 33.0 Å². The number of Topliss-reactive ketones (excluding diaryl/α,β-unsaturated/α-hetero) is 1. The zero-order chi connectivity index (χ0) is 20.4. The van der Waals surface area contributed by atoms with E-state index in [-0.39, 0.29) is 22.3 Å². The Hall–Kier alpha value is -2.86. The number of halogens is 1. The number of carbonyl (C=O) groups excluding carboxylic acids is 3. The van der Waals surface area contributed by atoms with Crippen LogP contribution in [-0.2, 0) is 4.79 Å². The molecule has 2 amide bonds. The molecule has 1 heterocycles. The van der Waals surface area contributed by atoms with Crippen molar-refractivity contribution in [1.29, 1.82) is 0 Å². The van der Waals surface area contributed by atoms with E-state index in [0.29, 0.717) is 11.5 Å². The molecular formula is C21H20ClNO5. The fraction of sp³-hybridized carbons (Fsp3) is 0.286. The summed E-state index contributed by atoms with van der Waals surface area (Å²) in [5.41, 5.74) is 0.527. The Labute approximate surface area is 168 Å². The lowest BCUT2D eigenvalue weighted by Gasteiger charge is -2.20. The van der Waals surface area contributed by atoms with Crippen LogP contribution in [0.15, 0.2) is 42.5 Å². The number of hydrogen-bond donors (Lipinski definition) is 0. The topological polar surface area (TPSA) is 72.9 Å². The smallest absolute Gasteiger partial charge is 0.270 e. The van der Waals surface area contributed by atoms with Gasteiger partial charge in [-0.2, -0.15) is 0 Å². The highest BCUT2D eigenvalue weighted by Gasteiger charge is 2.35. The van der Waals surface area contributed by atoms with Gasteiger partial charge in [0.15, 0.2) is 11.9 Å². The predicted molar refractivity (Wildman–Crippen MR) is 104 cm³/mol. The number of carbonyl (C=O) groups is 3. The fourth-order valence-electron chi connectivity index (χ4n) is 2.86. The Morgan fingerprint density at radius 1 is 1.21 bits per heavy atom. The quantitative estimate of drug-likeness (QED) is 0.563. The molecule has 0 N–H and O–H groups in total. The van der Waals surface area contributed by atoms with Gasteiger partial charge in [-0.25, -0.2) is 0 Å². The fourth-order valence-corrected chi connectivity index (χ4v) is 3.09. The number of ether oxygens (including phenoxy) is 2. The molecule has 0 radical (unpaired) electrons. The highest BCUT2D eigenvalue weighted by molar-refractivity contribution is 6.32. The zero-order valence-electron chi connectivity index (χ0n) is 15.8. The van der Waals surface area contributed by atoms with E-state index in [0.717, 1.165) is 4.90 Å². The molecule has 7 heteroatoms. The first-order chi connectivity index (χ1) is 13.3. The lowest BCUT2D eigenvalue weighted by molar-refractivity contribution is -0.134. The van der Waals surface area contributed by atoms with E-state index in [2.05, 4.69) is 0 Å². The second-order valence-corrected chi connectivity index (χ2v) is 7.13. The summed E-state index contributed by atoms with van der Waals surface area (Å²) in [7, 11) is 0. The van der Waals surface area contributed by atoms with Crippen LogP contribution in [0.2, 0.25) is 5.02 Å². The van der Waals surface area contributed by atoms with Crippen molar-refractivity contribution >= 4 is 29.2 Å². The number of imide groups is 1. The normalized spacial score (nSPS) is 16.5. The molecule has 2 aromatic rings. The number of rotatable bonds is 5. The molecule has 0 saturated carbocycles. The van der Waals surface area contributed by atoms with Crippen molar-refractivity contribution in [3.8, 4) is 11.5 Å². The van der Waals surface area contributed by atoms with Gasteiger partial charge in [-0.05, 0) is 51.1 Å². The molecule has 0 aromatic heterocycles. The molecule has 0 bridgehead atoms. The molecule has 3 rings (SSSR count). The van der Waals surface area contributed by atoms with E-state index in [1.54, 1.807) is 43.3 Å². The molecule has 1 aliphatic rings. The van der Waals surface area contributed by atoms with Gasteiger partial charge in [-0.3, -0.25) is 19.3 Å². The first-order valence-electron chi connectivity index (χ1n) is 8.88. The molecule has 0 spiro atoms. The first kappa shape index (κ1) is 19.9. The van der Waals surface area contributed by atoms with Gasteiger partial charge in [-0.15, -0.1) is 0 Å². The molecule has 6 nitrogen and oxygen atoms in total. The summed E-state index contributed by atoms with van der Waals surface area (Å²) in [4.78, 5) is 39.1. The van der Waals surface area contributed by atoms with Gasteiger partial charge in [0.1, 0.15) is 11.5 Å². The van der Waals surface area contributed by atoms with Gasteiger partial charge < -0.3 is 9.47 Å². The summed E-state index contributed by atoms with van der Waals surface area (Å²) in [5, 5.41) is 0.287. The standard InChI is InChI=1S/C21H20ClNO5/c1-12(2)27-19-9-8-14(10-16(19)22)17(24)11-23-20(25)13(3)28-18-7-5-4-6-15(18)21(23)26/h4-10,12-13H,11H2,1-3H3/t13-/m1/s1. The van der Waals surface area contributed by atoms with E-state index in [4.69, 9.17) is 21.1 Å². The second kappa shape index (κ2) is 8.02. The van der Waals surface area contributed by atoms with Crippen LogP contribution in [0.4, 0.5) is 0 Å². The van der Waals surface area contributed by atoms with Crippen LogP contribution in [0.3, 0.4) is 0 Å². The Morgan fingerprint density at radius 2 is 1.93 bits per heavy atom. The van der Waals surface area contributed by atoms with Crippen LogP contribution >= 0.6 is 11.6 Å². The SMILES string of the molecule is CC(C)Oc1ccc(C(=O)CN2C(=O)c3ccccc3O[C@H](C)C2=O)cc1Cl. The van der Waals surface area contributed by atoms with E-state index < -0.39 is 30.2 Å². The average molecular weight is 402 g/mol. The summed E-state index contributed by atoms with van der Waals surface area (Å²) in [5.74, 6) is -0.761. The predicted octanol–water partition coefficient (Wildman–Crippen LogP) is 3.76. The maximum Gasteiger partial charge on any atom is 0.270 e. The molecule has 1 atom stereocenters. The number of para-hydroxylation sites is 1. The van der Waals surface area contributed by atoms with E-state index in [1.807, 2.05) is 13.8 Å². The van der Waals surface area contributed by atoms with Gasteiger partial charge in [0.25, 0.3) is 11.8 Å². The number of fused-ring (bicyclic) bond motifs is 1. The highest BCUT2D eigenvalue weighted by Crippen LogP contribution is 2.28. The van der Waals surface area contributed by atoms with E-state index >= 15 is 0 Å². The summed E-state index contributed by atoms with van der Waals surface area (Å²) < 4.78 is 11.1. The van der Waals surface area contributed by atoms with Crippen molar-refractivity contribution in [3.05, 3.63) is 58.6 Å². The Bertz CT molecular complexity index is 940. The van der Waals surface area contributed by atoms with Gasteiger partial charge in [0.2, 0.25) is 0 Å². The molecule has 28 heavy (non-hydrogen) atoms. The molecule has 0 aliphatic carbocycles. The molecule has 0 saturated heterocycles. The number of benzene rings is 2. The zero-order valence-corrected chi connectivity index (χ0v) is 16.5. The minimum absolute atomic E-state index is 0.0621. The molecular weight excluding hydrogens is 382 g/mol. The number of nitrogens with zero attached hydrogens (tertiary/aromatic N) is 1. The lowest BCUT2D eigenvalue weighted by Crippen LogP contribution is -2.44. The first-order valence-corrected chi connectivity index (χ1v) is 9.26. The Kier molecular flexibility index (Phi) is 5.70. The molecule has 0 unspecified atom stereocenters. The van der Waals surface area contributed by atoms with E-state index in [9.17, 15) is 14.4 Å². The van der Waals surface area contributed by atoms with Crippen LogP contribution in [0, 0.1) is 0 Å². The van der Waals surface area contributed by atoms with Gasteiger partial charge in [0.05, 0.1) is 23.2 Å². The largest absolute Gasteiger partial charge is 0.489 e. The van der Waals surface area contributed by atoms with E-state index in [1.165, 1.54) is 6.07 Å². The van der Waals surface area contributed by atoms with Crippen LogP contribution in [0.1, 0.15) is 41.5 Å². The summed E-state index contributed by atoms with van der Waals surface area (Å²) in [6.45, 7) is 4.88. The van der Waals surface area contributed by atoms with Gasteiger partial charge in [-0.1, -0.05) is 23.7 Å². The summed E-state index contributed by atoms with van der Waals surface area (Å²) in [6.07, 6.45) is -0.946. The third-order valence-electron chi connectivity index (χ3n) is 4.20. The molecule has 146 valence electrons. The minimum atomic E-state index is -0.884. The maximum absolute atomic E-state index is 12.8. The van der Waals surface area contributed by atoms with Crippen molar-refractivity contribution < 1.29 is 23.9 Å². The molecule has 1 aliphatic heterocycles. The van der Waals surface area contributed by atoms with Crippen molar-refractivity contribution in [2.24, 2.45) is 0 Å². The lowest BCUT2D eigenvalue weighted by atomic mass is 10.1. The van der Waals surface area contributed by atoms with Crippen molar-refractivity contribution in [2.75, 3.05) is 6.54 Å². The maximum atomic E-state index is 12.8. The highest BCUT2D eigenvalue weighted by atomic mass is 35.5. The average Bonchev–Trinajstić information content (AvgIpc) is 2.74. The van der Waals surface area contributed by atoms with Crippen molar-refractivity contribution in [1.82, 2.24) is 4.90 Å². The third-order valence-corrected chi connectivity index (χ3v) is 4.49. The molecule has 0 fully saturated rings. The molecule has 2 aromatic carbocycles. The number of hydrogen-bond acceptors (Lipinski definition) is 5. The van der Waals surface area contributed by atoms with Gasteiger partial charge >= 0.3 is 0 Å². The Balaban J connectivity index is 1.85. The van der Waals surface area contributed by atoms with Crippen molar-refractivity contribution in [3.63, 3.8) is 0 Å². The number of amides is 2. The van der Waals surface area contributed by atoms with Gasteiger partial charge in [0, 0.05) is 5.56 Å². The summed E-state index contributed by atoms with van der Waals surface area (Å²) in [6, 6.07) is 11.2. The van der Waals surface area contributed by atoms with Crippen LogP contribution < -0.4 is 9.47 Å². The van der Waals surface area contributed by atoms with Crippen LogP contribution in [0.25, 0.3) is 0 Å².